The number of rotatable bonds is 4. The van der Waals surface area contributed by atoms with E-state index in [4.69, 9.17) is 0 Å². The number of hydrogen-bond donors (Lipinski definition) is 1. The van der Waals surface area contributed by atoms with Crippen molar-refractivity contribution in [3.63, 3.8) is 0 Å². The maximum absolute atomic E-state index is 4.66. The van der Waals surface area contributed by atoms with Gasteiger partial charge in [0, 0.05) is 31.4 Å². The number of hydrogen-bond acceptors (Lipinski definition) is 3. The van der Waals surface area contributed by atoms with Crippen LogP contribution >= 0.6 is 0 Å². The van der Waals surface area contributed by atoms with Crippen molar-refractivity contribution in [2.45, 2.75) is 63.6 Å². The van der Waals surface area contributed by atoms with Crippen molar-refractivity contribution in [2.75, 3.05) is 11.4 Å². The lowest BCUT2D eigenvalue weighted by Crippen LogP contribution is -2.43. The van der Waals surface area contributed by atoms with Crippen molar-refractivity contribution in [3.05, 3.63) is 23.9 Å². The van der Waals surface area contributed by atoms with Crippen LogP contribution in [0.1, 0.15) is 50.5 Å². The fraction of sp³-hybridized carbons (Fsp3) is 0.706. The van der Waals surface area contributed by atoms with Gasteiger partial charge in [-0.2, -0.15) is 0 Å². The Kier molecular flexibility index (Phi) is 3.39. The summed E-state index contributed by atoms with van der Waals surface area (Å²) < 4.78 is 0. The first kappa shape index (κ1) is 12.6. The number of pyridine rings is 1. The maximum Gasteiger partial charge on any atom is 0.129 e. The zero-order valence-corrected chi connectivity index (χ0v) is 12.2. The SMILES string of the molecule is c1cc(CNC2CC2)cc(N2CCCC3CCCC32)n1. The summed E-state index contributed by atoms with van der Waals surface area (Å²) in [4.78, 5) is 7.26. The number of anilines is 1. The standard InChI is InChI=1S/C17H25N3/c1-3-14-4-2-10-20(16(14)5-1)17-11-13(8-9-18-17)12-19-15-6-7-15/h8-9,11,14-16,19H,1-7,10,12H2. The van der Waals surface area contributed by atoms with Gasteiger partial charge in [-0.1, -0.05) is 6.42 Å². The predicted octanol–water partition coefficient (Wildman–Crippen LogP) is 3.10. The fourth-order valence-corrected chi connectivity index (χ4v) is 4.02. The van der Waals surface area contributed by atoms with Gasteiger partial charge in [0.1, 0.15) is 5.82 Å². The van der Waals surface area contributed by atoms with Crippen LogP contribution in [0.3, 0.4) is 0 Å². The molecular formula is C17H25N3. The van der Waals surface area contributed by atoms with Gasteiger partial charge in [-0.15, -0.1) is 0 Å². The molecule has 108 valence electrons. The second-order valence-electron chi connectivity index (χ2n) is 6.77. The van der Waals surface area contributed by atoms with E-state index in [0.29, 0.717) is 0 Å². The third-order valence-corrected chi connectivity index (χ3v) is 5.27. The summed E-state index contributed by atoms with van der Waals surface area (Å²) in [6, 6.07) is 6.02. The van der Waals surface area contributed by atoms with Crippen LogP contribution in [-0.4, -0.2) is 23.6 Å². The number of nitrogens with zero attached hydrogens (tertiary/aromatic N) is 2. The highest BCUT2D eigenvalue weighted by Crippen LogP contribution is 2.38. The van der Waals surface area contributed by atoms with Gasteiger partial charge in [0.25, 0.3) is 0 Å². The molecule has 3 aliphatic rings. The van der Waals surface area contributed by atoms with Crippen molar-refractivity contribution >= 4 is 5.82 Å². The Morgan fingerprint density at radius 1 is 1.15 bits per heavy atom. The Hall–Kier alpha value is -1.09. The first-order chi connectivity index (χ1) is 9.90. The van der Waals surface area contributed by atoms with Crippen LogP contribution in [0.5, 0.6) is 0 Å². The van der Waals surface area contributed by atoms with Crippen LogP contribution in [0.4, 0.5) is 5.82 Å². The molecule has 1 aromatic rings. The number of piperidine rings is 1. The molecule has 3 fully saturated rings. The highest BCUT2D eigenvalue weighted by molar-refractivity contribution is 5.43. The minimum atomic E-state index is 0.767. The molecule has 2 aliphatic carbocycles. The zero-order valence-electron chi connectivity index (χ0n) is 12.2. The Balaban J connectivity index is 1.49. The average molecular weight is 271 g/mol. The molecule has 1 aliphatic heterocycles. The minimum absolute atomic E-state index is 0.767. The van der Waals surface area contributed by atoms with Crippen LogP contribution in [0.2, 0.25) is 0 Å². The molecule has 0 amide bonds. The summed E-state index contributed by atoms with van der Waals surface area (Å²) in [5.41, 5.74) is 1.39. The van der Waals surface area contributed by atoms with Gasteiger partial charge < -0.3 is 10.2 Å². The lowest BCUT2D eigenvalue weighted by atomic mass is 9.92. The van der Waals surface area contributed by atoms with Crippen molar-refractivity contribution < 1.29 is 0 Å². The van der Waals surface area contributed by atoms with Crippen molar-refractivity contribution in [3.8, 4) is 0 Å². The number of aromatic nitrogens is 1. The normalized spacial score (nSPS) is 29.5. The third kappa shape index (κ3) is 2.56. The molecule has 0 aromatic carbocycles. The Morgan fingerprint density at radius 2 is 2.05 bits per heavy atom. The number of nitrogens with one attached hydrogen (secondary N) is 1. The second-order valence-corrected chi connectivity index (χ2v) is 6.77. The molecule has 3 heteroatoms. The first-order valence-electron chi connectivity index (χ1n) is 8.35. The summed E-state index contributed by atoms with van der Waals surface area (Å²) >= 11 is 0. The molecule has 1 aromatic heterocycles. The molecule has 0 spiro atoms. The Labute approximate surface area is 121 Å². The summed E-state index contributed by atoms with van der Waals surface area (Å²) in [5, 5.41) is 3.60. The van der Waals surface area contributed by atoms with E-state index in [2.05, 4.69) is 27.3 Å². The van der Waals surface area contributed by atoms with Crippen molar-refractivity contribution in [1.29, 1.82) is 0 Å². The van der Waals surface area contributed by atoms with Gasteiger partial charge in [0.2, 0.25) is 0 Å². The summed E-state index contributed by atoms with van der Waals surface area (Å²) in [6.07, 6.45) is 11.7. The van der Waals surface area contributed by atoms with E-state index in [1.165, 1.54) is 62.9 Å². The minimum Gasteiger partial charge on any atom is -0.353 e. The van der Waals surface area contributed by atoms with Gasteiger partial charge in [-0.05, 0) is 62.1 Å². The fourth-order valence-electron chi connectivity index (χ4n) is 4.02. The molecule has 2 unspecified atom stereocenters. The van der Waals surface area contributed by atoms with Crippen molar-refractivity contribution in [2.24, 2.45) is 5.92 Å². The molecule has 2 heterocycles. The number of fused-ring (bicyclic) bond motifs is 1. The molecule has 0 bridgehead atoms. The van der Waals surface area contributed by atoms with E-state index in [1.807, 2.05) is 6.20 Å². The average Bonchev–Trinajstić information content (AvgIpc) is 3.20. The van der Waals surface area contributed by atoms with E-state index in [1.54, 1.807) is 0 Å². The molecule has 1 saturated heterocycles. The molecule has 0 radical (unpaired) electrons. The first-order valence-corrected chi connectivity index (χ1v) is 8.35. The smallest absolute Gasteiger partial charge is 0.129 e. The quantitative estimate of drug-likeness (QED) is 0.912. The lowest BCUT2D eigenvalue weighted by Gasteiger charge is -2.38. The molecule has 2 atom stereocenters. The van der Waals surface area contributed by atoms with Gasteiger partial charge >= 0.3 is 0 Å². The van der Waals surface area contributed by atoms with Crippen LogP contribution in [-0.2, 0) is 6.54 Å². The van der Waals surface area contributed by atoms with Crippen LogP contribution in [0.25, 0.3) is 0 Å². The predicted molar refractivity (Wildman–Crippen MR) is 81.8 cm³/mol. The second kappa shape index (κ2) is 5.36. The van der Waals surface area contributed by atoms with Crippen LogP contribution < -0.4 is 10.2 Å². The molecule has 20 heavy (non-hydrogen) atoms. The summed E-state index contributed by atoms with van der Waals surface area (Å²) in [5.74, 6) is 2.15. The molecule has 1 N–H and O–H groups in total. The third-order valence-electron chi connectivity index (χ3n) is 5.27. The largest absolute Gasteiger partial charge is 0.353 e. The van der Waals surface area contributed by atoms with E-state index < -0.39 is 0 Å². The van der Waals surface area contributed by atoms with Gasteiger partial charge in [0.05, 0.1) is 0 Å². The Bertz CT molecular complexity index is 469. The molecule has 3 nitrogen and oxygen atoms in total. The van der Waals surface area contributed by atoms with E-state index >= 15 is 0 Å². The summed E-state index contributed by atoms with van der Waals surface area (Å²) in [6.45, 7) is 2.20. The Morgan fingerprint density at radius 3 is 2.95 bits per heavy atom. The van der Waals surface area contributed by atoms with E-state index in [-0.39, 0.29) is 0 Å². The molecule has 4 rings (SSSR count). The van der Waals surface area contributed by atoms with Crippen LogP contribution in [0, 0.1) is 5.92 Å². The lowest BCUT2D eigenvalue weighted by molar-refractivity contribution is 0.360. The van der Waals surface area contributed by atoms with Crippen LogP contribution in [0.15, 0.2) is 18.3 Å². The van der Waals surface area contributed by atoms with E-state index in [0.717, 1.165) is 24.5 Å². The van der Waals surface area contributed by atoms with Gasteiger partial charge in [-0.3, -0.25) is 0 Å². The zero-order chi connectivity index (χ0) is 13.4. The van der Waals surface area contributed by atoms with Gasteiger partial charge in [0.15, 0.2) is 0 Å². The molecular weight excluding hydrogens is 246 g/mol. The summed E-state index contributed by atoms with van der Waals surface area (Å²) in [7, 11) is 0. The van der Waals surface area contributed by atoms with Gasteiger partial charge in [-0.25, -0.2) is 4.98 Å². The maximum atomic E-state index is 4.66. The van der Waals surface area contributed by atoms with E-state index in [9.17, 15) is 0 Å². The molecule has 2 saturated carbocycles. The topological polar surface area (TPSA) is 28.2 Å². The highest BCUT2D eigenvalue weighted by Gasteiger charge is 2.35. The monoisotopic (exact) mass is 271 g/mol. The highest BCUT2D eigenvalue weighted by atomic mass is 15.2. The van der Waals surface area contributed by atoms with Crippen molar-refractivity contribution in [1.82, 2.24) is 10.3 Å².